The number of hydrogen-bond acceptors (Lipinski definition) is 5. The molecule has 0 aromatic carbocycles. The van der Waals surface area contributed by atoms with E-state index in [2.05, 4.69) is 43.5 Å². The average Bonchev–Trinajstić information content (AvgIpc) is 3.41. The van der Waals surface area contributed by atoms with Gasteiger partial charge in [0.15, 0.2) is 0 Å². The van der Waals surface area contributed by atoms with E-state index in [4.69, 9.17) is 4.74 Å². The highest BCUT2D eigenvalue weighted by atomic mass is 16.5. The lowest BCUT2D eigenvalue weighted by atomic mass is 10.0. The van der Waals surface area contributed by atoms with Crippen LogP contribution in [0.3, 0.4) is 0 Å². The topological polar surface area (TPSA) is 95.9 Å². The fourth-order valence-corrected chi connectivity index (χ4v) is 10.7. The number of amides is 1. The first-order valence-corrected chi connectivity index (χ1v) is 34.1. The summed E-state index contributed by atoms with van der Waals surface area (Å²) in [6.07, 6.45) is 80.8. The largest absolute Gasteiger partial charge is 0.466 e. The number of aliphatic hydroxyl groups is 2. The molecule has 75 heavy (non-hydrogen) atoms. The van der Waals surface area contributed by atoms with Gasteiger partial charge >= 0.3 is 5.97 Å². The van der Waals surface area contributed by atoms with E-state index < -0.39 is 12.1 Å². The summed E-state index contributed by atoms with van der Waals surface area (Å²) in [5, 5.41) is 23.2. The number of carbonyl (C=O) groups excluding carboxylic acids is 2. The van der Waals surface area contributed by atoms with Crippen molar-refractivity contribution in [3.63, 3.8) is 0 Å². The van der Waals surface area contributed by atoms with Gasteiger partial charge in [0.1, 0.15) is 0 Å². The SMILES string of the molecule is CCCCCCCC/C=C\CCCCCCCC(=O)OCCCCCCCCCCCCCC/C=C\CCCCCCCCCCCCCCCCCC(=O)NC(CO)C(O)CCCCCCCCCCCCCC. The number of rotatable bonds is 64. The smallest absolute Gasteiger partial charge is 0.305 e. The van der Waals surface area contributed by atoms with Crippen LogP contribution < -0.4 is 5.32 Å². The lowest BCUT2D eigenvalue weighted by Crippen LogP contribution is -2.45. The standard InChI is InChI=1S/C69H133NO5/c1-3-5-7-9-11-13-15-17-35-39-43-47-51-55-59-63-69(74)75-64-60-56-52-48-44-40-37-34-32-30-28-26-24-22-20-18-19-21-23-25-27-29-31-33-36-38-42-46-50-54-58-62-68(73)70-66(65-71)67(72)61-57-53-49-45-41-16-14-12-10-8-6-4-2/h17,20,22,35,66-67,71-72H,3-16,18-19,21,23-34,36-65H2,1-2H3,(H,70,73)/b22-20-,35-17-. The minimum atomic E-state index is -0.661. The van der Waals surface area contributed by atoms with Crippen molar-refractivity contribution in [2.24, 2.45) is 0 Å². The zero-order chi connectivity index (χ0) is 54.3. The monoisotopic (exact) mass is 1060 g/mol. The van der Waals surface area contributed by atoms with Crippen LogP contribution in [-0.4, -0.2) is 47.4 Å². The van der Waals surface area contributed by atoms with Crippen LogP contribution in [0, 0.1) is 0 Å². The highest BCUT2D eigenvalue weighted by Crippen LogP contribution is 2.18. The number of hydrogen-bond donors (Lipinski definition) is 3. The number of aliphatic hydroxyl groups excluding tert-OH is 2. The summed E-state index contributed by atoms with van der Waals surface area (Å²) in [6, 6.07) is -0.538. The Morgan fingerprint density at radius 1 is 0.360 bits per heavy atom. The van der Waals surface area contributed by atoms with Gasteiger partial charge in [-0.05, 0) is 77.0 Å². The van der Waals surface area contributed by atoms with Gasteiger partial charge in [0.2, 0.25) is 5.91 Å². The van der Waals surface area contributed by atoms with Gasteiger partial charge in [0, 0.05) is 12.8 Å². The Balaban J connectivity index is 3.34. The van der Waals surface area contributed by atoms with Gasteiger partial charge in [-0.15, -0.1) is 0 Å². The minimum absolute atomic E-state index is 0.0102. The molecule has 0 aliphatic heterocycles. The maximum atomic E-state index is 12.5. The Kier molecular flexibility index (Phi) is 63.4. The molecular weight excluding hydrogens is 923 g/mol. The van der Waals surface area contributed by atoms with Gasteiger partial charge in [0.05, 0.1) is 25.4 Å². The zero-order valence-electron chi connectivity index (χ0n) is 50.8. The third-order valence-electron chi connectivity index (χ3n) is 16.0. The van der Waals surface area contributed by atoms with Crippen LogP contribution in [0.25, 0.3) is 0 Å². The lowest BCUT2D eigenvalue weighted by Gasteiger charge is -2.22. The van der Waals surface area contributed by atoms with Crippen LogP contribution in [0.5, 0.6) is 0 Å². The first-order valence-electron chi connectivity index (χ1n) is 34.1. The van der Waals surface area contributed by atoms with Crippen LogP contribution in [0.15, 0.2) is 24.3 Å². The number of esters is 1. The highest BCUT2D eigenvalue weighted by molar-refractivity contribution is 5.76. The van der Waals surface area contributed by atoms with Crippen LogP contribution in [-0.2, 0) is 14.3 Å². The molecule has 0 radical (unpaired) electrons. The molecule has 2 unspecified atom stereocenters. The summed E-state index contributed by atoms with van der Waals surface area (Å²) in [6.45, 7) is 4.96. The predicted octanol–water partition coefficient (Wildman–Crippen LogP) is 21.8. The van der Waals surface area contributed by atoms with Crippen molar-refractivity contribution in [2.45, 2.75) is 392 Å². The Hall–Kier alpha value is -1.66. The van der Waals surface area contributed by atoms with Crippen molar-refractivity contribution in [1.82, 2.24) is 5.32 Å². The summed E-state index contributed by atoms with van der Waals surface area (Å²) in [7, 11) is 0. The van der Waals surface area contributed by atoms with Crippen molar-refractivity contribution in [3.8, 4) is 0 Å². The summed E-state index contributed by atoms with van der Waals surface area (Å²) < 4.78 is 5.49. The highest BCUT2D eigenvalue weighted by Gasteiger charge is 2.20. The number of carbonyl (C=O) groups is 2. The molecule has 444 valence electrons. The van der Waals surface area contributed by atoms with Crippen molar-refractivity contribution in [3.05, 3.63) is 24.3 Å². The number of unbranched alkanes of at least 4 members (excludes halogenated alkanes) is 49. The summed E-state index contributed by atoms with van der Waals surface area (Å²) >= 11 is 0. The summed E-state index contributed by atoms with van der Waals surface area (Å²) in [5.41, 5.74) is 0. The van der Waals surface area contributed by atoms with Gasteiger partial charge in [-0.25, -0.2) is 0 Å². The molecule has 0 bridgehead atoms. The number of allylic oxidation sites excluding steroid dienone is 4. The molecule has 0 spiro atoms. The van der Waals surface area contributed by atoms with Gasteiger partial charge in [-0.1, -0.05) is 314 Å². The third-order valence-corrected chi connectivity index (χ3v) is 16.0. The van der Waals surface area contributed by atoms with E-state index in [1.54, 1.807) is 0 Å². The normalized spacial score (nSPS) is 12.6. The average molecular weight is 1060 g/mol. The fraction of sp³-hybridized carbons (Fsp3) is 0.913. The Bertz CT molecular complexity index is 1170. The van der Waals surface area contributed by atoms with Crippen molar-refractivity contribution in [2.75, 3.05) is 13.2 Å². The predicted molar refractivity (Wildman–Crippen MR) is 329 cm³/mol. The second-order valence-corrected chi connectivity index (χ2v) is 23.5. The second-order valence-electron chi connectivity index (χ2n) is 23.5. The molecule has 0 aliphatic carbocycles. The van der Waals surface area contributed by atoms with Crippen molar-refractivity contribution in [1.29, 1.82) is 0 Å². The maximum Gasteiger partial charge on any atom is 0.305 e. The zero-order valence-corrected chi connectivity index (χ0v) is 50.8. The van der Waals surface area contributed by atoms with E-state index in [0.29, 0.717) is 25.9 Å². The van der Waals surface area contributed by atoms with Gasteiger partial charge in [-0.3, -0.25) is 9.59 Å². The van der Waals surface area contributed by atoms with Crippen LogP contribution in [0.1, 0.15) is 380 Å². The van der Waals surface area contributed by atoms with E-state index in [0.717, 1.165) is 44.9 Å². The van der Waals surface area contributed by atoms with Gasteiger partial charge in [0.25, 0.3) is 0 Å². The fourth-order valence-electron chi connectivity index (χ4n) is 10.7. The van der Waals surface area contributed by atoms with Crippen molar-refractivity contribution >= 4 is 11.9 Å². The van der Waals surface area contributed by atoms with E-state index in [1.165, 1.54) is 302 Å². The molecule has 0 saturated heterocycles. The molecule has 0 saturated carbocycles. The van der Waals surface area contributed by atoms with Gasteiger partial charge in [-0.2, -0.15) is 0 Å². The minimum Gasteiger partial charge on any atom is -0.466 e. The number of nitrogens with one attached hydrogen (secondary N) is 1. The van der Waals surface area contributed by atoms with E-state index in [1.807, 2.05) is 0 Å². The number of ether oxygens (including phenoxy) is 1. The molecule has 6 nitrogen and oxygen atoms in total. The molecular formula is C69H133NO5. The molecule has 0 heterocycles. The second kappa shape index (κ2) is 64.9. The van der Waals surface area contributed by atoms with E-state index in [-0.39, 0.29) is 18.5 Å². The Morgan fingerprint density at radius 3 is 0.947 bits per heavy atom. The van der Waals surface area contributed by atoms with Crippen LogP contribution in [0.2, 0.25) is 0 Å². The first-order chi connectivity index (χ1) is 37.0. The van der Waals surface area contributed by atoms with Crippen LogP contribution >= 0.6 is 0 Å². The molecule has 0 aromatic heterocycles. The Labute approximate surface area is 469 Å². The molecule has 0 rings (SSSR count). The molecule has 2 atom stereocenters. The first kappa shape index (κ1) is 73.3. The molecule has 0 fully saturated rings. The van der Waals surface area contributed by atoms with Crippen molar-refractivity contribution < 1.29 is 24.5 Å². The molecule has 6 heteroatoms. The summed E-state index contributed by atoms with van der Waals surface area (Å²) in [4.78, 5) is 24.5. The molecule has 3 N–H and O–H groups in total. The molecule has 0 aromatic rings. The maximum absolute atomic E-state index is 12.5. The molecule has 1 amide bonds. The van der Waals surface area contributed by atoms with E-state index >= 15 is 0 Å². The summed E-state index contributed by atoms with van der Waals surface area (Å²) in [5.74, 6) is -0.0215. The van der Waals surface area contributed by atoms with Crippen LogP contribution in [0.4, 0.5) is 0 Å². The van der Waals surface area contributed by atoms with E-state index in [9.17, 15) is 19.8 Å². The van der Waals surface area contributed by atoms with Gasteiger partial charge < -0.3 is 20.3 Å². The molecule has 0 aliphatic rings. The quantitative estimate of drug-likeness (QED) is 0.0320. The third kappa shape index (κ3) is 61.4. The lowest BCUT2D eigenvalue weighted by molar-refractivity contribution is -0.143. The Morgan fingerprint density at radius 2 is 0.627 bits per heavy atom.